The van der Waals surface area contributed by atoms with Gasteiger partial charge in [0.2, 0.25) is 0 Å². The van der Waals surface area contributed by atoms with Crippen LogP contribution in [0.4, 0.5) is 17.1 Å². The molecule has 2 nitrogen and oxygen atoms in total. The fraction of sp³-hybridized carbons (Fsp3) is 0.0312. The molecule has 0 amide bonds. The summed E-state index contributed by atoms with van der Waals surface area (Å²) in [7, 11) is 0. The molecule has 2 heteroatoms. The summed E-state index contributed by atoms with van der Waals surface area (Å²) in [6.45, 7) is 0. The minimum atomic E-state index is -0.554. The lowest BCUT2D eigenvalue weighted by Gasteiger charge is -2.35. The van der Waals surface area contributed by atoms with Gasteiger partial charge in [-0.3, -0.25) is 0 Å². The quantitative estimate of drug-likeness (QED) is 0.166. The van der Waals surface area contributed by atoms with E-state index in [2.05, 4.69) is 254 Å². The number of nitrogens with zero attached hydrogens (tertiary/aromatic N) is 1. The van der Waals surface area contributed by atoms with E-state index in [-0.39, 0.29) is 0 Å². The highest BCUT2D eigenvalue weighted by Crippen LogP contribution is 2.66. The van der Waals surface area contributed by atoms with Gasteiger partial charge in [0.25, 0.3) is 0 Å². The molecule has 0 unspecified atom stereocenters. The second-order valence-corrected chi connectivity index (χ2v) is 17.8. The molecule has 66 heavy (non-hydrogen) atoms. The summed E-state index contributed by atoms with van der Waals surface area (Å²) in [5, 5.41) is 1.16. The van der Waals surface area contributed by atoms with Gasteiger partial charge < -0.3 is 9.32 Å². The molecule has 308 valence electrons. The maximum absolute atomic E-state index is 6.91. The summed E-state index contributed by atoms with van der Waals surface area (Å²) >= 11 is 0. The van der Waals surface area contributed by atoms with Crippen LogP contribution in [0.3, 0.4) is 0 Å². The van der Waals surface area contributed by atoms with Crippen LogP contribution in [0.15, 0.2) is 253 Å². The normalized spacial score (nSPS) is 14.0. The molecule has 14 rings (SSSR count). The predicted molar refractivity (Wildman–Crippen MR) is 270 cm³/mol. The summed E-state index contributed by atoms with van der Waals surface area (Å²) in [5.41, 5.74) is 22.0. The first kappa shape index (κ1) is 37.0. The molecular weight excluding hydrogens is 799 g/mol. The van der Waals surface area contributed by atoms with Crippen LogP contribution >= 0.6 is 0 Å². The van der Waals surface area contributed by atoms with Crippen LogP contribution < -0.4 is 4.90 Å². The maximum Gasteiger partial charge on any atom is 0.140 e. The van der Waals surface area contributed by atoms with Crippen molar-refractivity contribution in [3.63, 3.8) is 0 Å². The van der Waals surface area contributed by atoms with Gasteiger partial charge in [-0.25, -0.2) is 0 Å². The molecular formula is C64H41NO. The number of hydrogen-bond donors (Lipinski definition) is 0. The fourth-order valence-corrected chi connectivity index (χ4v) is 12.3. The van der Waals surface area contributed by atoms with Crippen molar-refractivity contribution in [1.82, 2.24) is 0 Å². The van der Waals surface area contributed by atoms with Crippen LogP contribution in [0, 0.1) is 0 Å². The van der Waals surface area contributed by atoms with Gasteiger partial charge in [0.05, 0.1) is 10.8 Å². The van der Waals surface area contributed by atoms with Gasteiger partial charge in [-0.2, -0.15) is 0 Å². The number of benzene rings is 10. The zero-order valence-electron chi connectivity index (χ0n) is 36.0. The number of anilines is 3. The highest BCUT2D eigenvalue weighted by Gasteiger charge is 2.55. The van der Waals surface area contributed by atoms with Crippen LogP contribution in [-0.2, 0) is 10.8 Å². The molecule has 1 spiro atoms. The van der Waals surface area contributed by atoms with E-state index in [9.17, 15) is 0 Å². The van der Waals surface area contributed by atoms with Crippen molar-refractivity contribution in [2.75, 3.05) is 4.90 Å². The monoisotopic (exact) mass is 839 g/mol. The third-order valence-corrected chi connectivity index (χ3v) is 14.8. The van der Waals surface area contributed by atoms with Gasteiger partial charge in [-0.1, -0.05) is 206 Å². The fourth-order valence-electron chi connectivity index (χ4n) is 12.3. The second-order valence-electron chi connectivity index (χ2n) is 17.8. The van der Waals surface area contributed by atoms with Gasteiger partial charge in [0.1, 0.15) is 11.3 Å². The van der Waals surface area contributed by atoms with Crippen molar-refractivity contribution < 1.29 is 4.42 Å². The van der Waals surface area contributed by atoms with E-state index >= 15 is 0 Å². The molecule has 0 saturated heterocycles. The van der Waals surface area contributed by atoms with Crippen molar-refractivity contribution in [3.05, 3.63) is 293 Å². The molecule has 10 aromatic carbocycles. The summed E-state index contributed by atoms with van der Waals surface area (Å²) < 4.78 is 6.91. The minimum absolute atomic E-state index is 0.504. The molecule has 0 saturated carbocycles. The summed E-state index contributed by atoms with van der Waals surface area (Å²) in [5.74, 6) is 0.965. The molecule has 1 aromatic heterocycles. The summed E-state index contributed by atoms with van der Waals surface area (Å²) in [6.07, 6.45) is 0. The van der Waals surface area contributed by atoms with Crippen LogP contribution in [0.5, 0.6) is 0 Å². The topological polar surface area (TPSA) is 16.4 Å². The molecule has 0 bridgehead atoms. The maximum atomic E-state index is 6.91. The van der Waals surface area contributed by atoms with Crippen molar-refractivity contribution in [2.45, 2.75) is 10.8 Å². The number of fused-ring (bicyclic) bond motifs is 15. The smallest absolute Gasteiger partial charge is 0.140 e. The van der Waals surface area contributed by atoms with Crippen molar-refractivity contribution >= 4 is 28.0 Å². The molecule has 11 aromatic rings. The van der Waals surface area contributed by atoms with E-state index in [1.807, 2.05) is 0 Å². The second kappa shape index (κ2) is 14.0. The standard InChI is InChI=1S/C64H41NO/c1-4-19-43(20-5-1)63(44-21-6-2-7-22-44)55-31-14-10-27-51(55)52-40-39-47(41-58(52)63)65(45-23-8-3-9-24-45)46-37-35-42(36-38-46)48-29-18-30-54-60(48)64(61-53-28-13-17-34-59(53)66-62(54)61)56-32-15-11-25-49(56)50-26-12-16-33-57(50)64/h1-41H. The van der Waals surface area contributed by atoms with Gasteiger partial charge in [0, 0.05) is 33.6 Å². The number of furan rings is 1. The van der Waals surface area contributed by atoms with Gasteiger partial charge in [-0.15, -0.1) is 0 Å². The van der Waals surface area contributed by atoms with Crippen LogP contribution in [0.25, 0.3) is 55.7 Å². The Morgan fingerprint density at radius 1 is 0.303 bits per heavy atom. The van der Waals surface area contributed by atoms with Crippen LogP contribution in [0.1, 0.15) is 44.5 Å². The lowest BCUT2D eigenvalue weighted by molar-refractivity contribution is 0.628. The Balaban J connectivity index is 0.963. The predicted octanol–water partition coefficient (Wildman–Crippen LogP) is 16.3. The third kappa shape index (κ3) is 4.85. The van der Waals surface area contributed by atoms with Gasteiger partial charge >= 0.3 is 0 Å². The van der Waals surface area contributed by atoms with Crippen molar-refractivity contribution in [1.29, 1.82) is 0 Å². The Morgan fingerprint density at radius 3 is 1.41 bits per heavy atom. The van der Waals surface area contributed by atoms with Gasteiger partial charge in [0.15, 0.2) is 0 Å². The van der Waals surface area contributed by atoms with Gasteiger partial charge in [-0.05, 0) is 115 Å². The summed E-state index contributed by atoms with van der Waals surface area (Å²) in [6, 6.07) is 91.6. The van der Waals surface area contributed by atoms with Crippen LogP contribution in [0.2, 0.25) is 0 Å². The molecule has 0 atom stereocenters. The molecule has 3 aliphatic carbocycles. The first-order chi connectivity index (χ1) is 32.8. The highest BCUT2D eigenvalue weighted by atomic mass is 16.3. The third-order valence-electron chi connectivity index (χ3n) is 14.8. The van der Waals surface area contributed by atoms with Crippen molar-refractivity contribution in [3.8, 4) is 44.7 Å². The molecule has 1 heterocycles. The molecule has 0 radical (unpaired) electrons. The Morgan fingerprint density at radius 2 is 0.773 bits per heavy atom. The average molecular weight is 840 g/mol. The first-order valence-electron chi connectivity index (χ1n) is 22.9. The Labute approximate surface area is 384 Å². The Bertz CT molecular complexity index is 3610. The van der Waals surface area contributed by atoms with E-state index < -0.39 is 10.8 Å². The zero-order chi connectivity index (χ0) is 43.4. The number of rotatable bonds is 6. The lowest BCUT2D eigenvalue weighted by atomic mass is 9.67. The number of hydrogen-bond acceptors (Lipinski definition) is 2. The van der Waals surface area contributed by atoms with E-state index in [1.165, 1.54) is 72.3 Å². The lowest BCUT2D eigenvalue weighted by Crippen LogP contribution is -2.28. The SMILES string of the molecule is c1ccc(N(c2ccc(-c3cccc4c3C3(c5ccccc5-c5ccccc53)c3c-4oc4ccccc34)cc2)c2ccc3c(c2)C(c2ccccc2)(c2ccccc2)c2ccccc2-3)cc1. The van der Waals surface area contributed by atoms with E-state index in [0.717, 1.165) is 44.9 Å². The van der Waals surface area contributed by atoms with E-state index in [0.29, 0.717) is 0 Å². The van der Waals surface area contributed by atoms with Crippen LogP contribution in [-0.4, -0.2) is 0 Å². The number of para-hydroxylation sites is 2. The zero-order valence-corrected chi connectivity index (χ0v) is 36.0. The first-order valence-corrected chi connectivity index (χ1v) is 22.9. The summed E-state index contributed by atoms with van der Waals surface area (Å²) in [4.78, 5) is 2.41. The highest BCUT2D eigenvalue weighted by molar-refractivity contribution is 6.04. The molecule has 0 N–H and O–H groups in total. The Kier molecular flexibility index (Phi) is 7.85. The molecule has 3 aliphatic rings. The molecule has 0 fully saturated rings. The van der Waals surface area contributed by atoms with E-state index in [4.69, 9.17) is 4.42 Å². The largest absolute Gasteiger partial charge is 0.456 e. The van der Waals surface area contributed by atoms with E-state index in [1.54, 1.807) is 0 Å². The average Bonchev–Trinajstić information content (AvgIpc) is 4.10. The minimum Gasteiger partial charge on any atom is -0.456 e. The molecule has 0 aliphatic heterocycles. The Hall–Kier alpha value is -8.46. The van der Waals surface area contributed by atoms with Crippen molar-refractivity contribution in [2.24, 2.45) is 0 Å².